The van der Waals surface area contributed by atoms with Crippen LogP contribution in [0, 0.1) is 5.92 Å². The Morgan fingerprint density at radius 2 is 2.24 bits per heavy atom. The first-order valence-corrected chi connectivity index (χ1v) is 8.79. The van der Waals surface area contributed by atoms with Gasteiger partial charge in [-0.1, -0.05) is 0 Å². The molecule has 2 aromatic rings. The average molecular weight is 342 g/mol. The van der Waals surface area contributed by atoms with E-state index in [1.165, 1.54) is 0 Å². The zero-order valence-corrected chi connectivity index (χ0v) is 14.1. The summed E-state index contributed by atoms with van der Waals surface area (Å²) in [4.78, 5) is 28.8. The second-order valence-corrected chi connectivity index (χ2v) is 6.82. The van der Waals surface area contributed by atoms with Crippen molar-refractivity contribution in [3.05, 3.63) is 42.6 Å². The lowest BCUT2D eigenvalue weighted by Crippen LogP contribution is -2.44. The molecule has 4 heterocycles. The summed E-state index contributed by atoms with van der Waals surface area (Å²) in [5, 5.41) is 4.30. The summed E-state index contributed by atoms with van der Waals surface area (Å²) < 4.78 is 7.25. The van der Waals surface area contributed by atoms with Crippen LogP contribution in [0.3, 0.4) is 0 Å². The van der Waals surface area contributed by atoms with Crippen LogP contribution in [0.5, 0.6) is 0 Å². The van der Waals surface area contributed by atoms with E-state index in [4.69, 9.17) is 4.42 Å². The zero-order chi connectivity index (χ0) is 17.2. The van der Waals surface area contributed by atoms with E-state index in [-0.39, 0.29) is 23.8 Å². The zero-order valence-electron chi connectivity index (χ0n) is 14.1. The van der Waals surface area contributed by atoms with Crippen molar-refractivity contribution < 1.29 is 14.0 Å². The molecule has 0 saturated carbocycles. The van der Waals surface area contributed by atoms with Crippen LogP contribution in [0.25, 0.3) is 0 Å². The number of amides is 2. The summed E-state index contributed by atoms with van der Waals surface area (Å²) >= 11 is 0. The molecule has 2 aromatic heterocycles. The van der Waals surface area contributed by atoms with Crippen molar-refractivity contribution in [1.82, 2.24) is 19.6 Å². The van der Waals surface area contributed by atoms with E-state index in [1.807, 2.05) is 34.0 Å². The maximum Gasteiger partial charge on any atom is 0.228 e. The molecule has 0 radical (unpaired) electrons. The molecule has 2 atom stereocenters. The lowest BCUT2D eigenvalue weighted by Gasteiger charge is -2.34. The van der Waals surface area contributed by atoms with Crippen LogP contribution >= 0.6 is 0 Å². The lowest BCUT2D eigenvalue weighted by atomic mass is 10.0. The Labute approximate surface area is 146 Å². The molecule has 132 valence electrons. The lowest BCUT2D eigenvalue weighted by molar-refractivity contribution is -0.137. The maximum absolute atomic E-state index is 12.9. The molecule has 2 aliphatic rings. The molecule has 0 N–H and O–H groups in total. The summed E-state index contributed by atoms with van der Waals surface area (Å²) in [6.45, 7) is 2.34. The smallest absolute Gasteiger partial charge is 0.228 e. The minimum absolute atomic E-state index is 0.0235. The van der Waals surface area contributed by atoms with Crippen molar-refractivity contribution in [2.24, 2.45) is 5.92 Å². The number of furan rings is 1. The average Bonchev–Trinajstić information content (AvgIpc) is 3.38. The van der Waals surface area contributed by atoms with E-state index < -0.39 is 0 Å². The minimum Gasteiger partial charge on any atom is -0.467 e. The topological polar surface area (TPSA) is 71.6 Å². The Bertz CT molecular complexity index is 726. The Morgan fingerprint density at radius 3 is 3.00 bits per heavy atom. The number of likely N-dealkylation sites (tertiary alicyclic amines) is 2. The molecule has 0 spiro atoms. The second kappa shape index (κ2) is 6.74. The minimum atomic E-state index is -0.251. The summed E-state index contributed by atoms with van der Waals surface area (Å²) in [5.41, 5.74) is 0. The Kier molecular flexibility index (Phi) is 4.29. The molecule has 2 aliphatic heterocycles. The largest absolute Gasteiger partial charge is 0.467 e. The van der Waals surface area contributed by atoms with E-state index in [9.17, 15) is 9.59 Å². The monoisotopic (exact) mass is 342 g/mol. The van der Waals surface area contributed by atoms with Gasteiger partial charge in [0.2, 0.25) is 11.8 Å². The predicted octanol–water partition coefficient (Wildman–Crippen LogP) is 1.69. The fraction of sp³-hybridized carbons (Fsp3) is 0.500. The van der Waals surface area contributed by atoms with Gasteiger partial charge < -0.3 is 14.2 Å². The molecule has 0 aromatic carbocycles. The second-order valence-electron chi connectivity index (χ2n) is 6.82. The van der Waals surface area contributed by atoms with Gasteiger partial charge in [0.1, 0.15) is 5.76 Å². The SMILES string of the molecule is O=C1C[C@@H](C(=O)N2CCC[C@H](n3cccn3)C2)CN1Cc1ccco1. The van der Waals surface area contributed by atoms with Crippen molar-refractivity contribution in [2.75, 3.05) is 19.6 Å². The molecule has 2 fully saturated rings. The summed E-state index contributed by atoms with van der Waals surface area (Å²) in [6.07, 6.45) is 7.60. The van der Waals surface area contributed by atoms with E-state index in [1.54, 1.807) is 17.4 Å². The fourth-order valence-electron chi connectivity index (χ4n) is 3.81. The molecule has 2 amide bonds. The third kappa shape index (κ3) is 3.31. The molecule has 25 heavy (non-hydrogen) atoms. The quantitative estimate of drug-likeness (QED) is 0.848. The summed E-state index contributed by atoms with van der Waals surface area (Å²) in [7, 11) is 0. The van der Waals surface area contributed by atoms with Gasteiger partial charge in [0.05, 0.1) is 24.8 Å². The molecule has 2 saturated heterocycles. The van der Waals surface area contributed by atoms with Gasteiger partial charge in [0, 0.05) is 38.4 Å². The highest BCUT2D eigenvalue weighted by Gasteiger charge is 2.38. The molecular weight excluding hydrogens is 320 g/mol. The van der Waals surface area contributed by atoms with Crippen molar-refractivity contribution in [1.29, 1.82) is 0 Å². The predicted molar refractivity (Wildman–Crippen MR) is 89.3 cm³/mol. The first kappa shape index (κ1) is 15.9. The summed E-state index contributed by atoms with van der Waals surface area (Å²) in [5.74, 6) is 0.611. The Hall–Kier alpha value is -2.57. The number of nitrogens with zero attached hydrogens (tertiary/aromatic N) is 4. The highest BCUT2D eigenvalue weighted by molar-refractivity contribution is 5.89. The van der Waals surface area contributed by atoms with Crippen molar-refractivity contribution in [3.8, 4) is 0 Å². The van der Waals surface area contributed by atoms with E-state index >= 15 is 0 Å². The van der Waals surface area contributed by atoms with Crippen LogP contribution in [-0.2, 0) is 16.1 Å². The van der Waals surface area contributed by atoms with Gasteiger partial charge in [0.15, 0.2) is 0 Å². The third-order valence-electron chi connectivity index (χ3n) is 5.10. The fourth-order valence-corrected chi connectivity index (χ4v) is 3.81. The van der Waals surface area contributed by atoms with Gasteiger partial charge in [-0.3, -0.25) is 14.3 Å². The molecule has 7 heteroatoms. The van der Waals surface area contributed by atoms with Crippen LogP contribution < -0.4 is 0 Å². The van der Waals surface area contributed by atoms with Crippen LogP contribution in [0.2, 0.25) is 0 Å². The van der Waals surface area contributed by atoms with Gasteiger partial charge in [0.25, 0.3) is 0 Å². The van der Waals surface area contributed by atoms with Gasteiger partial charge >= 0.3 is 0 Å². The molecule has 0 unspecified atom stereocenters. The third-order valence-corrected chi connectivity index (χ3v) is 5.10. The number of carbonyl (C=O) groups excluding carboxylic acids is 2. The van der Waals surface area contributed by atoms with E-state index in [2.05, 4.69) is 5.10 Å². The van der Waals surface area contributed by atoms with Crippen LogP contribution in [-0.4, -0.2) is 51.0 Å². The number of carbonyl (C=O) groups is 2. The highest BCUT2D eigenvalue weighted by atomic mass is 16.3. The van der Waals surface area contributed by atoms with Gasteiger partial charge in [-0.05, 0) is 31.0 Å². The van der Waals surface area contributed by atoms with Crippen molar-refractivity contribution >= 4 is 11.8 Å². The van der Waals surface area contributed by atoms with Crippen molar-refractivity contribution in [3.63, 3.8) is 0 Å². The summed E-state index contributed by atoms with van der Waals surface area (Å²) in [6, 6.07) is 5.79. The molecule has 4 rings (SSSR count). The number of rotatable bonds is 4. The van der Waals surface area contributed by atoms with Gasteiger partial charge in [-0.25, -0.2) is 0 Å². The van der Waals surface area contributed by atoms with Gasteiger partial charge in [-0.15, -0.1) is 0 Å². The van der Waals surface area contributed by atoms with Crippen molar-refractivity contribution in [2.45, 2.75) is 31.8 Å². The first-order chi connectivity index (χ1) is 12.2. The first-order valence-electron chi connectivity index (χ1n) is 8.79. The molecular formula is C18H22N4O3. The maximum atomic E-state index is 12.9. The molecule has 0 aliphatic carbocycles. The van der Waals surface area contributed by atoms with Crippen LogP contribution in [0.1, 0.15) is 31.1 Å². The van der Waals surface area contributed by atoms with E-state index in [0.29, 0.717) is 26.1 Å². The van der Waals surface area contributed by atoms with E-state index in [0.717, 1.165) is 25.1 Å². The highest BCUT2D eigenvalue weighted by Crippen LogP contribution is 2.26. The molecule has 7 nitrogen and oxygen atoms in total. The molecule has 0 bridgehead atoms. The van der Waals surface area contributed by atoms with Crippen LogP contribution in [0.15, 0.2) is 41.3 Å². The van der Waals surface area contributed by atoms with Gasteiger partial charge in [-0.2, -0.15) is 5.10 Å². The number of hydrogen-bond acceptors (Lipinski definition) is 4. The number of piperidine rings is 1. The Balaban J connectivity index is 1.38. The van der Waals surface area contributed by atoms with Crippen LogP contribution in [0.4, 0.5) is 0 Å². The standard InChI is InChI=1S/C18H22N4O3/c23-17-10-14(11-21(17)13-16-5-2-9-25-16)18(24)20-7-1-4-15(12-20)22-8-3-6-19-22/h2-3,5-6,8-9,14-15H,1,4,7,10-13H2/t14-,15+/m1/s1. The number of aromatic nitrogens is 2. The number of hydrogen-bond donors (Lipinski definition) is 0. The Morgan fingerprint density at radius 1 is 1.32 bits per heavy atom. The normalized spacial score (nSPS) is 24.1.